The fraction of sp³-hybridized carbons (Fsp3) is 0.312. The average molecular weight is 337 g/mol. The summed E-state index contributed by atoms with van der Waals surface area (Å²) in [6.07, 6.45) is -1.75. The standard InChI is InChI=1S/C16H17F2N3O3/c1-9(2)8-21-13(14(17)18)12(7-19-21)15(22)20-11-5-3-4-10(6-11)16(23)24/h3-7,9,14H,8H2,1-2H3,(H,20,22)(H,23,24). The summed E-state index contributed by atoms with van der Waals surface area (Å²) >= 11 is 0. The predicted molar refractivity (Wildman–Crippen MR) is 83.4 cm³/mol. The number of carboxylic acids is 1. The maximum absolute atomic E-state index is 13.3. The van der Waals surface area contributed by atoms with Gasteiger partial charge in [0.25, 0.3) is 12.3 Å². The van der Waals surface area contributed by atoms with E-state index in [9.17, 15) is 18.4 Å². The topological polar surface area (TPSA) is 84.2 Å². The first-order chi connectivity index (χ1) is 11.3. The van der Waals surface area contributed by atoms with Crippen LogP contribution in [0, 0.1) is 5.92 Å². The van der Waals surface area contributed by atoms with Crippen molar-refractivity contribution in [3.8, 4) is 0 Å². The van der Waals surface area contributed by atoms with Crippen molar-refractivity contribution in [1.82, 2.24) is 9.78 Å². The number of halogens is 2. The molecule has 0 fully saturated rings. The molecule has 2 rings (SSSR count). The monoisotopic (exact) mass is 337 g/mol. The Morgan fingerprint density at radius 2 is 2.04 bits per heavy atom. The number of hydrogen-bond donors (Lipinski definition) is 2. The van der Waals surface area contributed by atoms with E-state index in [4.69, 9.17) is 5.11 Å². The third-order valence-corrected chi connectivity index (χ3v) is 3.24. The summed E-state index contributed by atoms with van der Waals surface area (Å²) in [7, 11) is 0. The molecule has 0 aliphatic carbocycles. The summed E-state index contributed by atoms with van der Waals surface area (Å²) in [6, 6.07) is 5.55. The molecule has 6 nitrogen and oxygen atoms in total. The number of hydrogen-bond acceptors (Lipinski definition) is 3. The first kappa shape index (κ1) is 17.6. The third-order valence-electron chi connectivity index (χ3n) is 3.24. The molecule has 0 saturated heterocycles. The molecule has 8 heteroatoms. The molecule has 0 saturated carbocycles. The molecule has 2 N–H and O–H groups in total. The molecule has 0 aliphatic heterocycles. The van der Waals surface area contributed by atoms with E-state index in [1.54, 1.807) is 0 Å². The zero-order chi connectivity index (χ0) is 17.9. The molecule has 0 spiro atoms. The predicted octanol–water partition coefficient (Wildman–Crippen LogP) is 3.43. The lowest BCUT2D eigenvalue weighted by molar-refractivity contribution is 0.0696. The van der Waals surface area contributed by atoms with Gasteiger partial charge in [0.1, 0.15) is 5.69 Å². The number of amides is 1. The van der Waals surface area contributed by atoms with Gasteiger partial charge in [-0.25, -0.2) is 13.6 Å². The molecule has 24 heavy (non-hydrogen) atoms. The van der Waals surface area contributed by atoms with Crippen molar-refractivity contribution in [2.24, 2.45) is 5.92 Å². The Bertz CT molecular complexity index is 757. The normalized spacial score (nSPS) is 11.1. The molecular weight excluding hydrogens is 320 g/mol. The maximum Gasteiger partial charge on any atom is 0.335 e. The van der Waals surface area contributed by atoms with E-state index in [1.807, 2.05) is 13.8 Å². The number of nitrogens with zero attached hydrogens (tertiary/aromatic N) is 2. The van der Waals surface area contributed by atoms with Crippen LogP contribution in [0.2, 0.25) is 0 Å². The number of nitrogens with one attached hydrogen (secondary N) is 1. The van der Waals surface area contributed by atoms with E-state index >= 15 is 0 Å². The Morgan fingerprint density at radius 3 is 2.62 bits per heavy atom. The van der Waals surface area contributed by atoms with Crippen LogP contribution in [0.3, 0.4) is 0 Å². The molecule has 0 bridgehead atoms. The molecule has 1 aromatic carbocycles. The number of anilines is 1. The van der Waals surface area contributed by atoms with Crippen LogP contribution in [0.4, 0.5) is 14.5 Å². The Kier molecular flexibility index (Phi) is 5.28. The summed E-state index contributed by atoms with van der Waals surface area (Å²) < 4.78 is 27.8. The summed E-state index contributed by atoms with van der Waals surface area (Å²) in [5.41, 5.74) is -0.490. The molecule has 0 radical (unpaired) electrons. The fourth-order valence-corrected chi connectivity index (χ4v) is 2.22. The van der Waals surface area contributed by atoms with Gasteiger partial charge in [-0.3, -0.25) is 9.48 Å². The number of alkyl halides is 2. The molecule has 0 aliphatic rings. The Balaban J connectivity index is 2.28. The number of aromatic nitrogens is 2. The fourth-order valence-electron chi connectivity index (χ4n) is 2.22. The van der Waals surface area contributed by atoms with Crippen LogP contribution in [0.15, 0.2) is 30.5 Å². The maximum atomic E-state index is 13.3. The van der Waals surface area contributed by atoms with Gasteiger partial charge in [0, 0.05) is 12.2 Å². The van der Waals surface area contributed by atoms with E-state index in [-0.39, 0.29) is 29.3 Å². The first-order valence-electron chi connectivity index (χ1n) is 7.28. The lowest BCUT2D eigenvalue weighted by atomic mass is 10.1. The Morgan fingerprint density at radius 1 is 1.33 bits per heavy atom. The number of benzene rings is 1. The SMILES string of the molecule is CC(C)Cn1ncc(C(=O)Nc2cccc(C(=O)O)c2)c1C(F)F. The summed E-state index contributed by atoms with van der Waals surface area (Å²) in [5.74, 6) is -1.82. The number of carboxylic acid groups (broad SMARTS) is 1. The molecule has 0 unspecified atom stereocenters. The number of aromatic carboxylic acids is 1. The Hall–Kier alpha value is -2.77. The van der Waals surface area contributed by atoms with Gasteiger partial charge in [0.15, 0.2) is 0 Å². The smallest absolute Gasteiger partial charge is 0.335 e. The van der Waals surface area contributed by atoms with Gasteiger partial charge in [-0.2, -0.15) is 5.10 Å². The zero-order valence-electron chi connectivity index (χ0n) is 13.2. The second kappa shape index (κ2) is 7.20. The quantitative estimate of drug-likeness (QED) is 0.846. The van der Waals surface area contributed by atoms with E-state index in [1.165, 1.54) is 24.3 Å². The van der Waals surface area contributed by atoms with Crippen LogP contribution >= 0.6 is 0 Å². The van der Waals surface area contributed by atoms with Gasteiger partial charge < -0.3 is 10.4 Å². The lowest BCUT2D eigenvalue weighted by Crippen LogP contribution is -2.16. The van der Waals surface area contributed by atoms with Gasteiger partial charge in [-0.1, -0.05) is 19.9 Å². The number of rotatable bonds is 6. The average Bonchev–Trinajstić information content (AvgIpc) is 2.90. The van der Waals surface area contributed by atoms with Crippen molar-refractivity contribution in [1.29, 1.82) is 0 Å². The second-order valence-electron chi connectivity index (χ2n) is 5.66. The van der Waals surface area contributed by atoms with E-state index in [2.05, 4.69) is 10.4 Å². The van der Waals surface area contributed by atoms with E-state index in [0.717, 1.165) is 10.9 Å². The van der Waals surface area contributed by atoms with Gasteiger partial charge in [-0.15, -0.1) is 0 Å². The first-order valence-corrected chi connectivity index (χ1v) is 7.28. The second-order valence-corrected chi connectivity index (χ2v) is 5.66. The molecule has 1 amide bonds. The molecule has 2 aromatic rings. The van der Waals surface area contributed by atoms with Crippen LogP contribution in [-0.4, -0.2) is 26.8 Å². The van der Waals surface area contributed by atoms with Gasteiger partial charge in [0.05, 0.1) is 17.3 Å². The largest absolute Gasteiger partial charge is 0.478 e. The van der Waals surface area contributed by atoms with E-state index in [0.29, 0.717) is 0 Å². The van der Waals surface area contributed by atoms with Crippen LogP contribution in [0.5, 0.6) is 0 Å². The summed E-state index contributed by atoms with van der Waals surface area (Å²) in [6.45, 7) is 3.98. The zero-order valence-corrected chi connectivity index (χ0v) is 13.2. The summed E-state index contributed by atoms with van der Waals surface area (Å²) in [4.78, 5) is 23.2. The molecule has 128 valence electrons. The van der Waals surface area contributed by atoms with Crippen LogP contribution in [0.25, 0.3) is 0 Å². The highest BCUT2D eigenvalue weighted by molar-refractivity contribution is 6.05. The summed E-state index contributed by atoms with van der Waals surface area (Å²) in [5, 5.41) is 15.2. The van der Waals surface area contributed by atoms with Crippen molar-refractivity contribution >= 4 is 17.6 Å². The van der Waals surface area contributed by atoms with Crippen LogP contribution < -0.4 is 5.32 Å². The minimum atomic E-state index is -2.85. The van der Waals surface area contributed by atoms with Gasteiger partial charge >= 0.3 is 5.97 Å². The molecule has 1 aromatic heterocycles. The van der Waals surface area contributed by atoms with Crippen molar-refractivity contribution < 1.29 is 23.5 Å². The van der Waals surface area contributed by atoms with Crippen molar-refractivity contribution in [3.63, 3.8) is 0 Å². The Labute approximate surface area is 137 Å². The molecule has 1 heterocycles. The third kappa shape index (κ3) is 3.95. The highest BCUT2D eigenvalue weighted by atomic mass is 19.3. The van der Waals surface area contributed by atoms with E-state index < -0.39 is 24.0 Å². The highest BCUT2D eigenvalue weighted by Gasteiger charge is 2.25. The van der Waals surface area contributed by atoms with Crippen molar-refractivity contribution in [3.05, 3.63) is 47.3 Å². The van der Waals surface area contributed by atoms with Crippen LogP contribution in [0.1, 0.15) is 46.7 Å². The lowest BCUT2D eigenvalue weighted by Gasteiger charge is -2.11. The van der Waals surface area contributed by atoms with Crippen LogP contribution in [-0.2, 0) is 6.54 Å². The van der Waals surface area contributed by atoms with Crippen molar-refractivity contribution in [2.45, 2.75) is 26.8 Å². The number of carbonyl (C=O) groups excluding carboxylic acids is 1. The minimum absolute atomic E-state index is 0.0163. The molecular formula is C16H17F2N3O3. The van der Waals surface area contributed by atoms with Gasteiger partial charge in [-0.05, 0) is 24.1 Å². The number of carbonyl (C=O) groups is 2. The van der Waals surface area contributed by atoms with Crippen molar-refractivity contribution in [2.75, 3.05) is 5.32 Å². The highest BCUT2D eigenvalue weighted by Crippen LogP contribution is 2.24. The van der Waals surface area contributed by atoms with Gasteiger partial charge in [0.2, 0.25) is 0 Å². The molecule has 0 atom stereocenters. The minimum Gasteiger partial charge on any atom is -0.478 e.